The minimum absolute atomic E-state index is 0.204. The zero-order valence-corrected chi connectivity index (χ0v) is 9.68. The van der Waals surface area contributed by atoms with Crippen LogP contribution in [0, 0.1) is 12.7 Å². The molecule has 98 valence electrons. The Hall–Kier alpha value is -2.70. The van der Waals surface area contributed by atoms with Gasteiger partial charge < -0.3 is 14.6 Å². The maximum atomic E-state index is 13.2. The summed E-state index contributed by atoms with van der Waals surface area (Å²) in [6.07, 6.45) is 0. The molecular weight excluding hydrogens is 257 g/mol. The van der Waals surface area contributed by atoms with E-state index in [4.69, 9.17) is 14.6 Å². The van der Waals surface area contributed by atoms with Crippen LogP contribution in [0.5, 0.6) is 0 Å². The van der Waals surface area contributed by atoms with Gasteiger partial charge in [0.2, 0.25) is 17.3 Å². The van der Waals surface area contributed by atoms with Crippen molar-refractivity contribution in [2.24, 2.45) is 0 Å². The number of halogens is 1. The minimum Gasteiger partial charge on any atom is -0.476 e. The Kier molecular flexibility index (Phi) is 3.04. The number of aromatic carboxylic acids is 2. The number of carboxylic acids is 2. The van der Waals surface area contributed by atoms with E-state index in [0.717, 1.165) is 6.07 Å². The standard InChI is InChI=1S/C12H8FNO5/c1-5-2-3-6(13)4-7(5)10-14-8(11(15)16)9(19-10)12(17)18/h2-4H,1H3,(H,15,16)(H,17,18). The minimum atomic E-state index is -1.55. The molecule has 2 N–H and O–H groups in total. The highest BCUT2D eigenvalue weighted by atomic mass is 19.1. The van der Waals surface area contributed by atoms with Crippen molar-refractivity contribution in [3.05, 3.63) is 41.0 Å². The van der Waals surface area contributed by atoms with Gasteiger partial charge in [-0.15, -0.1) is 0 Å². The summed E-state index contributed by atoms with van der Waals surface area (Å²) in [4.78, 5) is 25.3. The Morgan fingerprint density at radius 1 is 1.26 bits per heavy atom. The highest BCUT2D eigenvalue weighted by molar-refractivity contribution is 5.98. The molecular formula is C12H8FNO5. The van der Waals surface area contributed by atoms with E-state index >= 15 is 0 Å². The molecule has 0 radical (unpaired) electrons. The molecule has 2 rings (SSSR count). The van der Waals surface area contributed by atoms with Crippen molar-refractivity contribution in [3.8, 4) is 11.5 Å². The summed E-state index contributed by atoms with van der Waals surface area (Å²) in [5, 5.41) is 17.7. The predicted molar refractivity (Wildman–Crippen MR) is 60.6 cm³/mol. The van der Waals surface area contributed by atoms with E-state index < -0.39 is 29.2 Å². The molecule has 1 heterocycles. The smallest absolute Gasteiger partial charge is 0.374 e. The topological polar surface area (TPSA) is 101 Å². The second-order valence-electron chi connectivity index (χ2n) is 3.77. The molecule has 0 aliphatic heterocycles. The predicted octanol–water partition coefficient (Wildman–Crippen LogP) is 2.19. The summed E-state index contributed by atoms with van der Waals surface area (Å²) in [5.41, 5.74) is 0.0673. The van der Waals surface area contributed by atoms with Crippen LogP contribution in [0.2, 0.25) is 0 Å². The second kappa shape index (κ2) is 4.52. The fraction of sp³-hybridized carbons (Fsp3) is 0.0833. The van der Waals surface area contributed by atoms with E-state index in [2.05, 4.69) is 4.98 Å². The quantitative estimate of drug-likeness (QED) is 0.882. The SMILES string of the molecule is Cc1ccc(F)cc1-c1nc(C(=O)O)c(C(=O)O)o1. The first kappa shape index (κ1) is 12.7. The molecule has 6 nitrogen and oxygen atoms in total. The van der Waals surface area contributed by atoms with Crippen molar-refractivity contribution in [2.45, 2.75) is 6.92 Å². The van der Waals surface area contributed by atoms with E-state index in [0.29, 0.717) is 5.56 Å². The van der Waals surface area contributed by atoms with Crippen LogP contribution in [-0.2, 0) is 0 Å². The van der Waals surface area contributed by atoms with Gasteiger partial charge >= 0.3 is 11.9 Å². The fourth-order valence-electron chi connectivity index (χ4n) is 1.55. The summed E-state index contributed by atoms with van der Waals surface area (Å²) < 4.78 is 18.1. The Bertz CT molecular complexity index is 645. The van der Waals surface area contributed by atoms with Gasteiger partial charge in [0.1, 0.15) is 5.82 Å². The molecule has 0 atom stereocenters. The maximum Gasteiger partial charge on any atom is 0.374 e. The van der Waals surface area contributed by atoms with Crippen LogP contribution in [0.1, 0.15) is 26.6 Å². The van der Waals surface area contributed by atoms with Crippen molar-refractivity contribution < 1.29 is 28.6 Å². The monoisotopic (exact) mass is 265 g/mol. The van der Waals surface area contributed by atoms with E-state index in [1.54, 1.807) is 6.92 Å². The van der Waals surface area contributed by atoms with Crippen molar-refractivity contribution in [1.29, 1.82) is 0 Å². The largest absolute Gasteiger partial charge is 0.476 e. The number of nitrogens with zero attached hydrogens (tertiary/aromatic N) is 1. The van der Waals surface area contributed by atoms with Gasteiger partial charge in [0.05, 0.1) is 0 Å². The first-order valence-corrected chi connectivity index (χ1v) is 5.14. The highest BCUT2D eigenvalue weighted by Gasteiger charge is 2.25. The van der Waals surface area contributed by atoms with Crippen LogP contribution in [-0.4, -0.2) is 27.1 Å². The summed E-state index contributed by atoms with van der Waals surface area (Å²) >= 11 is 0. The van der Waals surface area contributed by atoms with Crippen LogP contribution in [0.3, 0.4) is 0 Å². The first-order chi connectivity index (χ1) is 8.90. The van der Waals surface area contributed by atoms with Crippen molar-refractivity contribution in [1.82, 2.24) is 4.98 Å². The third-order valence-electron chi connectivity index (χ3n) is 2.45. The molecule has 0 aliphatic carbocycles. The van der Waals surface area contributed by atoms with Gasteiger partial charge in [0, 0.05) is 5.56 Å². The molecule has 0 bridgehead atoms. The molecule has 0 saturated heterocycles. The number of carboxylic acid groups (broad SMARTS) is 2. The number of benzene rings is 1. The normalized spacial score (nSPS) is 10.4. The van der Waals surface area contributed by atoms with Crippen LogP contribution < -0.4 is 0 Å². The van der Waals surface area contributed by atoms with Gasteiger partial charge in [-0.25, -0.2) is 19.0 Å². The highest BCUT2D eigenvalue weighted by Crippen LogP contribution is 2.26. The molecule has 0 saturated carbocycles. The molecule has 0 fully saturated rings. The maximum absolute atomic E-state index is 13.2. The van der Waals surface area contributed by atoms with Gasteiger partial charge in [-0.1, -0.05) is 6.07 Å². The molecule has 1 aromatic heterocycles. The number of aryl methyl sites for hydroxylation is 1. The summed E-state index contributed by atoms with van der Waals surface area (Å²) in [7, 11) is 0. The number of oxazole rings is 1. The third-order valence-corrected chi connectivity index (χ3v) is 2.45. The lowest BCUT2D eigenvalue weighted by molar-refractivity contribution is 0.0624. The van der Waals surface area contributed by atoms with Gasteiger partial charge in [-0.05, 0) is 24.6 Å². The van der Waals surface area contributed by atoms with Crippen LogP contribution in [0.25, 0.3) is 11.5 Å². The molecule has 7 heteroatoms. The zero-order valence-electron chi connectivity index (χ0n) is 9.68. The Morgan fingerprint density at radius 2 is 1.95 bits per heavy atom. The van der Waals surface area contributed by atoms with Crippen molar-refractivity contribution >= 4 is 11.9 Å². The van der Waals surface area contributed by atoms with E-state index in [1.165, 1.54) is 12.1 Å². The number of aromatic nitrogens is 1. The van der Waals surface area contributed by atoms with Crippen molar-refractivity contribution in [3.63, 3.8) is 0 Å². The zero-order chi connectivity index (χ0) is 14.2. The van der Waals surface area contributed by atoms with E-state index in [1.807, 2.05) is 0 Å². The Morgan fingerprint density at radius 3 is 2.47 bits per heavy atom. The van der Waals surface area contributed by atoms with Crippen molar-refractivity contribution in [2.75, 3.05) is 0 Å². The Labute approximate surface area is 106 Å². The number of carbonyl (C=O) groups is 2. The average Bonchev–Trinajstić information content (AvgIpc) is 2.77. The third kappa shape index (κ3) is 2.30. The molecule has 1 aromatic carbocycles. The summed E-state index contributed by atoms with van der Waals surface area (Å²) in [6.45, 7) is 1.64. The number of hydrogen-bond donors (Lipinski definition) is 2. The van der Waals surface area contributed by atoms with Gasteiger partial charge in [-0.2, -0.15) is 0 Å². The Balaban J connectivity index is 2.64. The van der Waals surface area contributed by atoms with Crippen LogP contribution >= 0.6 is 0 Å². The first-order valence-electron chi connectivity index (χ1n) is 5.14. The fourth-order valence-corrected chi connectivity index (χ4v) is 1.55. The molecule has 0 spiro atoms. The molecule has 0 unspecified atom stereocenters. The van der Waals surface area contributed by atoms with Gasteiger partial charge in [-0.3, -0.25) is 0 Å². The average molecular weight is 265 g/mol. The number of rotatable bonds is 3. The molecule has 0 amide bonds. The molecule has 19 heavy (non-hydrogen) atoms. The van der Waals surface area contributed by atoms with Crippen LogP contribution in [0.15, 0.2) is 22.6 Å². The number of hydrogen-bond acceptors (Lipinski definition) is 4. The molecule has 2 aromatic rings. The summed E-state index contributed by atoms with van der Waals surface area (Å²) in [5.74, 6) is -4.67. The van der Waals surface area contributed by atoms with Gasteiger partial charge in [0.25, 0.3) is 0 Å². The second-order valence-corrected chi connectivity index (χ2v) is 3.77. The summed E-state index contributed by atoms with van der Waals surface area (Å²) in [6, 6.07) is 3.77. The lowest BCUT2D eigenvalue weighted by atomic mass is 10.1. The van der Waals surface area contributed by atoms with Crippen LogP contribution in [0.4, 0.5) is 4.39 Å². The van der Waals surface area contributed by atoms with E-state index in [9.17, 15) is 14.0 Å². The lowest BCUT2D eigenvalue weighted by Crippen LogP contribution is -2.05. The molecule has 0 aliphatic rings. The van der Waals surface area contributed by atoms with Gasteiger partial charge in [0.15, 0.2) is 0 Å². The van der Waals surface area contributed by atoms with E-state index in [-0.39, 0.29) is 11.5 Å². The lowest BCUT2D eigenvalue weighted by Gasteiger charge is -2.00.